The molecule has 3 aliphatic heterocycles. The minimum atomic E-state index is -0.348. The number of ether oxygens (including phenoxy) is 2. The van der Waals surface area contributed by atoms with E-state index in [9.17, 15) is 9.90 Å². The van der Waals surface area contributed by atoms with Gasteiger partial charge in [-0.05, 0) is 68.9 Å². The van der Waals surface area contributed by atoms with E-state index in [1.165, 1.54) is 19.3 Å². The quantitative estimate of drug-likeness (QED) is 0.550. The first-order chi connectivity index (χ1) is 16.0. The summed E-state index contributed by atoms with van der Waals surface area (Å²) < 4.78 is 12.5. The highest BCUT2D eigenvalue weighted by atomic mass is 16.5. The SMILES string of the molecule is Cc1[nH]c2ccc3c(c2c1C(=O)OCc1cccc(O)c1)CC1CCCN2CCCCC12O3. The summed E-state index contributed by atoms with van der Waals surface area (Å²) in [5.41, 5.74) is 4.06. The molecule has 6 rings (SSSR count). The summed E-state index contributed by atoms with van der Waals surface area (Å²) in [4.78, 5) is 19.2. The Labute approximate surface area is 193 Å². The van der Waals surface area contributed by atoms with Crippen LogP contribution in [-0.2, 0) is 17.8 Å². The van der Waals surface area contributed by atoms with Gasteiger partial charge in [0.2, 0.25) is 0 Å². The number of piperidine rings is 2. The second-order valence-electron chi connectivity index (χ2n) is 9.77. The molecule has 2 unspecified atom stereocenters. The van der Waals surface area contributed by atoms with E-state index in [1.807, 2.05) is 19.1 Å². The number of aromatic amines is 1. The van der Waals surface area contributed by atoms with Crippen LogP contribution in [0.25, 0.3) is 10.9 Å². The Hall–Kier alpha value is -2.99. The lowest BCUT2D eigenvalue weighted by Gasteiger charge is -2.56. The van der Waals surface area contributed by atoms with Crippen molar-refractivity contribution in [2.24, 2.45) is 5.92 Å². The molecule has 6 heteroatoms. The van der Waals surface area contributed by atoms with Crippen LogP contribution in [0.1, 0.15) is 59.3 Å². The van der Waals surface area contributed by atoms with Crippen LogP contribution in [0.3, 0.4) is 0 Å². The number of esters is 1. The molecule has 0 saturated carbocycles. The maximum absolute atomic E-state index is 13.2. The van der Waals surface area contributed by atoms with Crippen molar-refractivity contribution in [3.8, 4) is 11.5 Å². The Morgan fingerprint density at radius 2 is 2.12 bits per heavy atom. The summed E-state index contributed by atoms with van der Waals surface area (Å²) in [5.74, 6) is 1.17. The Balaban J connectivity index is 1.37. The average molecular weight is 447 g/mol. The Morgan fingerprint density at radius 1 is 1.24 bits per heavy atom. The summed E-state index contributed by atoms with van der Waals surface area (Å²) in [7, 11) is 0. The van der Waals surface area contributed by atoms with Crippen molar-refractivity contribution >= 4 is 16.9 Å². The molecule has 172 valence electrons. The Morgan fingerprint density at radius 3 is 3.00 bits per heavy atom. The number of phenolic OH excluding ortho intramolecular Hbond substituents is 1. The van der Waals surface area contributed by atoms with Gasteiger partial charge in [-0.1, -0.05) is 12.1 Å². The molecule has 1 aromatic heterocycles. The van der Waals surface area contributed by atoms with Gasteiger partial charge in [0.25, 0.3) is 0 Å². The lowest BCUT2D eigenvalue weighted by molar-refractivity contribution is -0.177. The molecule has 2 fully saturated rings. The number of fused-ring (bicyclic) bond motifs is 3. The molecule has 2 N–H and O–H groups in total. The molecule has 0 radical (unpaired) electrons. The summed E-state index contributed by atoms with van der Waals surface area (Å²) in [6, 6.07) is 10.9. The number of aryl methyl sites for hydroxylation is 1. The van der Waals surface area contributed by atoms with E-state index in [0.29, 0.717) is 11.5 Å². The van der Waals surface area contributed by atoms with Crippen molar-refractivity contribution in [3.63, 3.8) is 0 Å². The molecule has 0 bridgehead atoms. The highest BCUT2D eigenvalue weighted by Gasteiger charge is 2.52. The van der Waals surface area contributed by atoms with Crippen molar-refractivity contribution in [2.75, 3.05) is 13.1 Å². The van der Waals surface area contributed by atoms with Gasteiger partial charge in [-0.25, -0.2) is 4.79 Å². The highest BCUT2D eigenvalue weighted by molar-refractivity contribution is 6.07. The smallest absolute Gasteiger partial charge is 0.340 e. The van der Waals surface area contributed by atoms with E-state index in [1.54, 1.807) is 18.2 Å². The van der Waals surface area contributed by atoms with Gasteiger partial charge in [-0.15, -0.1) is 0 Å². The number of aromatic hydroxyl groups is 1. The zero-order chi connectivity index (χ0) is 22.6. The fourth-order valence-corrected chi connectivity index (χ4v) is 6.33. The molecular weight excluding hydrogens is 416 g/mol. The molecule has 0 aliphatic carbocycles. The first kappa shape index (κ1) is 20.6. The van der Waals surface area contributed by atoms with Gasteiger partial charge in [-0.2, -0.15) is 0 Å². The van der Waals surface area contributed by atoms with Crippen molar-refractivity contribution < 1.29 is 19.4 Å². The van der Waals surface area contributed by atoms with Crippen LogP contribution < -0.4 is 4.74 Å². The zero-order valence-corrected chi connectivity index (χ0v) is 19.0. The van der Waals surface area contributed by atoms with Crippen LogP contribution in [0, 0.1) is 12.8 Å². The normalized spacial score (nSPS) is 24.5. The first-order valence-electron chi connectivity index (χ1n) is 12.1. The lowest BCUT2D eigenvalue weighted by Crippen LogP contribution is -2.64. The molecule has 3 aromatic rings. The largest absolute Gasteiger partial charge is 0.508 e. The average Bonchev–Trinajstić information content (AvgIpc) is 3.16. The van der Waals surface area contributed by atoms with Crippen molar-refractivity contribution in [3.05, 3.63) is 58.8 Å². The summed E-state index contributed by atoms with van der Waals surface area (Å²) in [5, 5.41) is 10.6. The van der Waals surface area contributed by atoms with Gasteiger partial charge < -0.3 is 19.6 Å². The van der Waals surface area contributed by atoms with Crippen LogP contribution in [0.2, 0.25) is 0 Å². The fraction of sp³-hybridized carbons (Fsp3) is 0.444. The number of phenols is 1. The van der Waals surface area contributed by atoms with Crippen LogP contribution in [0.15, 0.2) is 36.4 Å². The summed E-state index contributed by atoms with van der Waals surface area (Å²) in [6.45, 7) is 4.27. The van der Waals surface area contributed by atoms with Crippen LogP contribution in [-0.4, -0.2) is 39.8 Å². The van der Waals surface area contributed by atoms with Gasteiger partial charge in [0.05, 0.1) is 5.56 Å². The Bertz CT molecular complexity index is 1230. The molecule has 6 nitrogen and oxygen atoms in total. The molecular formula is C27H30N2O4. The standard InChI is InChI=1S/C27H30N2O4/c1-17-24(26(31)32-16-18-6-4-8-20(30)14-18)25-21-15-19-7-5-13-29-12-3-2-11-27(19,29)33-23(21)10-9-22(25)28-17/h4,6,8-10,14,19,28,30H,2-3,5,7,11-13,15-16H2,1H3. The highest BCUT2D eigenvalue weighted by Crippen LogP contribution is 2.50. The van der Waals surface area contributed by atoms with Gasteiger partial charge in [0.15, 0.2) is 5.72 Å². The monoisotopic (exact) mass is 446 g/mol. The molecule has 2 saturated heterocycles. The summed E-state index contributed by atoms with van der Waals surface area (Å²) in [6.07, 6.45) is 6.82. The lowest BCUT2D eigenvalue weighted by atomic mass is 9.74. The van der Waals surface area contributed by atoms with Gasteiger partial charge in [0, 0.05) is 47.6 Å². The van der Waals surface area contributed by atoms with Crippen LogP contribution >= 0.6 is 0 Å². The van der Waals surface area contributed by atoms with E-state index < -0.39 is 0 Å². The number of hydrogen-bond donors (Lipinski definition) is 2. The third-order valence-electron chi connectivity index (χ3n) is 7.81. The second kappa shape index (κ2) is 7.80. The van der Waals surface area contributed by atoms with Gasteiger partial charge in [-0.3, -0.25) is 4.90 Å². The number of aromatic nitrogens is 1. The second-order valence-corrected chi connectivity index (χ2v) is 9.77. The van der Waals surface area contributed by atoms with Crippen molar-refractivity contribution in [1.82, 2.24) is 9.88 Å². The molecule has 2 aromatic carbocycles. The predicted octanol–water partition coefficient (Wildman–Crippen LogP) is 5.07. The van der Waals surface area contributed by atoms with E-state index in [-0.39, 0.29) is 24.1 Å². The van der Waals surface area contributed by atoms with E-state index >= 15 is 0 Å². The molecule has 4 heterocycles. The maximum Gasteiger partial charge on any atom is 0.340 e. The van der Waals surface area contributed by atoms with Gasteiger partial charge >= 0.3 is 5.97 Å². The van der Waals surface area contributed by atoms with Crippen molar-refractivity contribution in [1.29, 1.82) is 0 Å². The van der Waals surface area contributed by atoms with Crippen LogP contribution in [0.5, 0.6) is 11.5 Å². The number of hydrogen-bond acceptors (Lipinski definition) is 5. The Kier molecular flexibility index (Phi) is 4.87. The maximum atomic E-state index is 13.2. The third kappa shape index (κ3) is 3.31. The molecule has 3 aliphatic rings. The first-order valence-corrected chi connectivity index (χ1v) is 12.1. The number of carbonyl (C=O) groups excluding carboxylic acids is 1. The topological polar surface area (TPSA) is 74.8 Å². The number of benzene rings is 2. The summed E-state index contributed by atoms with van der Waals surface area (Å²) >= 11 is 0. The fourth-order valence-electron chi connectivity index (χ4n) is 6.33. The number of H-pyrrole nitrogens is 1. The van der Waals surface area contributed by atoms with E-state index in [2.05, 4.69) is 16.0 Å². The predicted molar refractivity (Wildman–Crippen MR) is 125 cm³/mol. The molecule has 2 atom stereocenters. The minimum Gasteiger partial charge on any atom is -0.508 e. The molecule has 0 amide bonds. The van der Waals surface area contributed by atoms with Crippen molar-refractivity contribution in [2.45, 2.75) is 57.8 Å². The van der Waals surface area contributed by atoms with E-state index in [4.69, 9.17) is 9.47 Å². The molecule has 1 spiro atoms. The third-order valence-corrected chi connectivity index (χ3v) is 7.81. The zero-order valence-electron chi connectivity index (χ0n) is 19.0. The number of nitrogens with one attached hydrogen (secondary N) is 1. The minimum absolute atomic E-state index is 0.117. The number of nitrogens with zero attached hydrogens (tertiary/aromatic N) is 1. The number of rotatable bonds is 3. The van der Waals surface area contributed by atoms with E-state index in [0.717, 1.165) is 65.8 Å². The number of carbonyl (C=O) groups is 1. The molecule has 33 heavy (non-hydrogen) atoms. The van der Waals surface area contributed by atoms with Crippen LogP contribution in [0.4, 0.5) is 0 Å². The van der Waals surface area contributed by atoms with Gasteiger partial charge in [0.1, 0.15) is 18.1 Å².